The Morgan fingerprint density at radius 2 is 2.29 bits per heavy atom. The van der Waals surface area contributed by atoms with Crippen molar-refractivity contribution >= 4 is 5.78 Å². The number of nitrogens with one attached hydrogen (secondary N) is 1. The molecule has 3 nitrogen and oxygen atoms in total. The fourth-order valence-electron chi connectivity index (χ4n) is 0.910. The first-order valence-electron chi connectivity index (χ1n) is 4.58. The minimum atomic E-state index is -0.0845. The number of rotatable bonds is 4. The number of allylic oxidation sites excluding steroid dienone is 1. The van der Waals surface area contributed by atoms with Gasteiger partial charge in [0.05, 0.1) is 0 Å². The highest BCUT2D eigenvalue weighted by Crippen LogP contribution is 1.95. The molecule has 0 aliphatic carbocycles. The predicted octanol–water partition coefficient (Wildman–Crippen LogP) is 1.78. The zero-order chi connectivity index (χ0) is 10.4. The van der Waals surface area contributed by atoms with Crippen LogP contribution < -0.4 is 5.32 Å². The van der Waals surface area contributed by atoms with E-state index in [1.807, 2.05) is 13.8 Å². The Labute approximate surface area is 83.9 Å². The molecule has 0 saturated carbocycles. The molecule has 0 unspecified atom stereocenters. The van der Waals surface area contributed by atoms with E-state index < -0.39 is 0 Å². The fraction of sp³-hybridized carbons (Fsp3) is 0.273. The summed E-state index contributed by atoms with van der Waals surface area (Å²) in [5.41, 5.74) is 0.467. The van der Waals surface area contributed by atoms with Crippen LogP contribution >= 0.6 is 0 Å². The van der Waals surface area contributed by atoms with Crippen LogP contribution in [0.2, 0.25) is 0 Å². The minimum Gasteiger partial charge on any atom is -0.389 e. The van der Waals surface area contributed by atoms with E-state index in [1.54, 1.807) is 30.6 Å². The topological polar surface area (TPSA) is 42.0 Å². The number of aromatic nitrogens is 1. The summed E-state index contributed by atoms with van der Waals surface area (Å²) in [7, 11) is 0. The standard InChI is InChI=1S/C11H14N2O/c1-9(2)12-8-6-11(14)10-5-3-4-7-13-10/h3-9,12H,1-2H3/b8-6-. The van der Waals surface area contributed by atoms with Crippen molar-refractivity contribution < 1.29 is 4.79 Å². The van der Waals surface area contributed by atoms with Crippen LogP contribution in [-0.2, 0) is 0 Å². The van der Waals surface area contributed by atoms with Gasteiger partial charge < -0.3 is 5.32 Å². The molecule has 0 bridgehead atoms. The largest absolute Gasteiger partial charge is 0.389 e. The van der Waals surface area contributed by atoms with Crippen molar-refractivity contribution in [1.82, 2.24) is 10.3 Å². The summed E-state index contributed by atoms with van der Waals surface area (Å²) < 4.78 is 0. The van der Waals surface area contributed by atoms with Crippen LogP contribution in [0.15, 0.2) is 36.7 Å². The van der Waals surface area contributed by atoms with Gasteiger partial charge in [0.15, 0.2) is 0 Å². The van der Waals surface area contributed by atoms with Crippen molar-refractivity contribution in [1.29, 1.82) is 0 Å². The number of carbonyl (C=O) groups is 1. The molecule has 3 heteroatoms. The number of pyridine rings is 1. The van der Waals surface area contributed by atoms with Crippen molar-refractivity contribution in [3.63, 3.8) is 0 Å². The van der Waals surface area contributed by atoms with Gasteiger partial charge in [-0.3, -0.25) is 9.78 Å². The molecule has 0 amide bonds. The second kappa shape index (κ2) is 5.17. The molecule has 0 aromatic carbocycles. The highest BCUT2D eigenvalue weighted by atomic mass is 16.1. The Hall–Kier alpha value is -1.64. The molecule has 0 fully saturated rings. The van der Waals surface area contributed by atoms with Crippen molar-refractivity contribution in [3.8, 4) is 0 Å². The number of carbonyl (C=O) groups excluding carboxylic acids is 1. The van der Waals surface area contributed by atoms with Crippen LogP contribution in [-0.4, -0.2) is 16.8 Å². The molecule has 14 heavy (non-hydrogen) atoms. The van der Waals surface area contributed by atoms with E-state index >= 15 is 0 Å². The molecular formula is C11H14N2O. The molecule has 74 valence electrons. The van der Waals surface area contributed by atoms with Crippen LogP contribution in [0.4, 0.5) is 0 Å². The predicted molar refractivity (Wildman–Crippen MR) is 56.0 cm³/mol. The second-order valence-electron chi connectivity index (χ2n) is 3.23. The maximum absolute atomic E-state index is 11.4. The van der Waals surface area contributed by atoms with E-state index in [4.69, 9.17) is 0 Å². The molecule has 0 spiro atoms. The summed E-state index contributed by atoms with van der Waals surface area (Å²) >= 11 is 0. The molecular weight excluding hydrogens is 176 g/mol. The average molecular weight is 190 g/mol. The zero-order valence-electron chi connectivity index (χ0n) is 8.40. The van der Waals surface area contributed by atoms with E-state index in [2.05, 4.69) is 10.3 Å². The normalized spacial score (nSPS) is 10.8. The SMILES string of the molecule is CC(C)N/C=C\C(=O)c1ccccn1. The van der Waals surface area contributed by atoms with Gasteiger partial charge in [-0.1, -0.05) is 6.07 Å². The molecule has 0 aliphatic heterocycles. The molecule has 0 radical (unpaired) electrons. The summed E-state index contributed by atoms with van der Waals surface area (Å²) in [5, 5.41) is 3.02. The number of hydrogen-bond donors (Lipinski definition) is 1. The minimum absolute atomic E-state index is 0.0845. The zero-order valence-corrected chi connectivity index (χ0v) is 8.40. The molecule has 0 aliphatic rings. The fourth-order valence-corrected chi connectivity index (χ4v) is 0.910. The van der Waals surface area contributed by atoms with Crippen molar-refractivity contribution in [2.75, 3.05) is 0 Å². The Balaban J connectivity index is 2.55. The van der Waals surface area contributed by atoms with E-state index in [1.165, 1.54) is 6.08 Å². The summed E-state index contributed by atoms with van der Waals surface area (Å²) in [5.74, 6) is -0.0845. The molecule has 0 atom stereocenters. The van der Waals surface area contributed by atoms with Gasteiger partial charge in [0.1, 0.15) is 5.69 Å². The van der Waals surface area contributed by atoms with Gasteiger partial charge in [-0.25, -0.2) is 0 Å². The van der Waals surface area contributed by atoms with Crippen LogP contribution in [0.1, 0.15) is 24.3 Å². The van der Waals surface area contributed by atoms with Gasteiger partial charge in [0, 0.05) is 24.5 Å². The lowest BCUT2D eigenvalue weighted by Gasteiger charge is -2.01. The van der Waals surface area contributed by atoms with Gasteiger partial charge in [0.2, 0.25) is 5.78 Å². The van der Waals surface area contributed by atoms with Gasteiger partial charge >= 0.3 is 0 Å². The maximum atomic E-state index is 11.4. The first-order valence-corrected chi connectivity index (χ1v) is 4.58. The van der Waals surface area contributed by atoms with E-state index in [-0.39, 0.29) is 5.78 Å². The van der Waals surface area contributed by atoms with Gasteiger partial charge in [0.25, 0.3) is 0 Å². The third-order valence-electron chi connectivity index (χ3n) is 1.58. The third-order valence-corrected chi connectivity index (χ3v) is 1.58. The maximum Gasteiger partial charge on any atom is 0.205 e. The monoisotopic (exact) mass is 190 g/mol. The lowest BCUT2D eigenvalue weighted by Crippen LogP contribution is -2.15. The van der Waals surface area contributed by atoms with Gasteiger partial charge in [-0.05, 0) is 26.0 Å². The number of ketones is 1. The summed E-state index contributed by atoms with van der Waals surface area (Å²) in [4.78, 5) is 15.4. The van der Waals surface area contributed by atoms with Crippen LogP contribution in [0, 0.1) is 0 Å². The Morgan fingerprint density at radius 3 is 2.86 bits per heavy atom. The quantitative estimate of drug-likeness (QED) is 0.581. The first kappa shape index (κ1) is 10.4. The third kappa shape index (κ3) is 3.39. The smallest absolute Gasteiger partial charge is 0.205 e. The van der Waals surface area contributed by atoms with Crippen LogP contribution in [0.25, 0.3) is 0 Å². The van der Waals surface area contributed by atoms with Crippen molar-refractivity contribution in [2.24, 2.45) is 0 Å². The molecule has 1 rings (SSSR count). The Morgan fingerprint density at radius 1 is 1.50 bits per heavy atom. The molecule has 0 saturated heterocycles. The van der Waals surface area contributed by atoms with Crippen molar-refractivity contribution in [3.05, 3.63) is 42.4 Å². The first-order chi connectivity index (χ1) is 6.70. The average Bonchev–Trinajstić information content (AvgIpc) is 2.18. The van der Waals surface area contributed by atoms with Crippen molar-refractivity contribution in [2.45, 2.75) is 19.9 Å². The van der Waals surface area contributed by atoms with Gasteiger partial charge in [-0.15, -0.1) is 0 Å². The Kier molecular flexibility index (Phi) is 3.85. The van der Waals surface area contributed by atoms with Crippen LogP contribution in [0.5, 0.6) is 0 Å². The second-order valence-corrected chi connectivity index (χ2v) is 3.23. The molecule has 1 heterocycles. The van der Waals surface area contributed by atoms with Gasteiger partial charge in [-0.2, -0.15) is 0 Å². The lowest BCUT2D eigenvalue weighted by molar-refractivity contribution is 0.104. The van der Waals surface area contributed by atoms with E-state index in [0.29, 0.717) is 11.7 Å². The summed E-state index contributed by atoms with van der Waals surface area (Å²) in [6.07, 6.45) is 4.75. The molecule has 1 N–H and O–H groups in total. The summed E-state index contributed by atoms with van der Waals surface area (Å²) in [6.45, 7) is 4.02. The number of nitrogens with zero attached hydrogens (tertiary/aromatic N) is 1. The Bertz CT molecular complexity index is 317. The highest BCUT2D eigenvalue weighted by Gasteiger charge is 2.00. The van der Waals surface area contributed by atoms with E-state index in [0.717, 1.165) is 0 Å². The molecule has 1 aromatic rings. The van der Waals surface area contributed by atoms with Crippen LogP contribution in [0.3, 0.4) is 0 Å². The molecule has 1 aromatic heterocycles. The summed E-state index contributed by atoms with van der Waals surface area (Å²) in [6, 6.07) is 5.61. The lowest BCUT2D eigenvalue weighted by atomic mass is 10.2. The van der Waals surface area contributed by atoms with E-state index in [9.17, 15) is 4.79 Å². The number of hydrogen-bond acceptors (Lipinski definition) is 3. The highest BCUT2D eigenvalue weighted by molar-refractivity contribution is 6.02.